The van der Waals surface area contributed by atoms with Gasteiger partial charge in [-0.3, -0.25) is 4.79 Å². The normalized spacial score (nSPS) is 11.7. The first kappa shape index (κ1) is 20.2. The number of methoxy groups -OCH3 is 2. The standard InChI is InChI=1S/C23H19ClN2O3S/c1-13-19(15-7-5-4-6-8-15)20-22(27)25-21(26-23(20)30-13)18(24)11-14-9-16(28-2)12-17(10-14)29-3/h4-12H,1-3H3,(H,25,26,27)/b18-11-. The number of nitrogens with zero attached hydrogens (tertiary/aromatic N) is 1. The SMILES string of the molecule is COc1cc(/C=C(\Cl)c2nc3sc(C)c(-c4ccccc4)c3c(=O)[nH]2)cc(OC)c1. The Morgan fingerprint density at radius 2 is 1.77 bits per heavy atom. The van der Waals surface area contributed by atoms with Gasteiger partial charge in [-0.25, -0.2) is 4.98 Å². The molecule has 2 aromatic carbocycles. The molecule has 0 saturated carbocycles. The van der Waals surface area contributed by atoms with Gasteiger partial charge in [-0.05, 0) is 36.3 Å². The number of aryl methyl sites for hydroxylation is 1. The van der Waals surface area contributed by atoms with Crippen molar-refractivity contribution in [3.05, 3.63) is 75.1 Å². The topological polar surface area (TPSA) is 64.2 Å². The first-order valence-electron chi connectivity index (χ1n) is 9.19. The Bertz CT molecular complexity index is 1290. The third kappa shape index (κ3) is 3.84. The van der Waals surface area contributed by atoms with Gasteiger partial charge in [0, 0.05) is 16.5 Å². The van der Waals surface area contributed by atoms with Crippen molar-refractivity contribution in [3.8, 4) is 22.6 Å². The van der Waals surface area contributed by atoms with Gasteiger partial charge in [0.2, 0.25) is 0 Å². The zero-order valence-electron chi connectivity index (χ0n) is 16.7. The molecule has 0 saturated heterocycles. The molecule has 152 valence electrons. The third-order valence-electron chi connectivity index (χ3n) is 4.69. The molecular weight excluding hydrogens is 420 g/mol. The van der Waals surface area contributed by atoms with Gasteiger partial charge in [0.05, 0.1) is 24.6 Å². The van der Waals surface area contributed by atoms with Crippen LogP contribution in [0.2, 0.25) is 0 Å². The predicted molar refractivity (Wildman–Crippen MR) is 124 cm³/mol. The lowest BCUT2D eigenvalue weighted by molar-refractivity contribution is 0.394. The molecule has 1 N–H and O–H groups in total. The maximum absolute atomic E-state index is 13.0. The van der Waals surface area contributed by atoms with Crippen molar-refractivity contribution in [1.82, 2.24) is 9.97 Å². The van der Waals surface area contributed by atoms with Crippen LogP contribution in [0.3, 0.4) is 0 Å². The van der Waals surface area contributed by atoms with Crippen LogP contribution >= 0.6 is 22.9 Å². The molecule has 0 radical (unpaired) electrons. The van der Waals surface area contributed by atoms with E-state index in [1.54, 1.807) is 26.4 Å². The van der Waals surface area contributed by atoms with Crippen molar-refractivity contribution < 1.29 is 9.47 Å². The molecule has 4 aromatic rings. The van der Waals surface area contributed by atoms with Crippen molar-refractivity contribution in [2.45, 2.75) is 6.92 Å². The van der Waals surface area contributed by atoms with E-state index < -0.39 is 0 Å². The summed E-state index contributed by atoms with van der Waals surface area (Å²) in [5, 5.41) is 0.900. The number of H-pyrrole nitrogens is 1. The van der Waals surface area contributed by atoms with Crippen LogP contribution in [0, 0.1) is 6.92 Å². The molecule has 5 nitrogen and oxygen atoms in total. The summed E-state index contributed by atoms with van der Waals surface area (Å²) in [7, 11) is 3.17. The summed E-state index contributed by atoms with van der Waals surface area (Å²) in [6, 6.07) is 15.3. The van der Waals surface area contributed by atoms with Gasteiger partial charge in [0.25, 0.3) is 5.56 Å². The van der Waals surface area contributed by atoms with E-state index >= 15 is 0 Å². The molecule has 0 fully saturated rings. The second kappa shape index (κ2) is 8.34. The second-order valence-corrected chi connectivity index (χ2v) is 8.24. The van der Waals surface area contributed by atoms with E-state index in [0.717, 1.165) is 21.6 Å². The molecule has 0 spiro atoms. The van der Waals surface area contributed by atoms with E-state index in [1.165, 1.54) is 11.3 Å². The lowest BCUT2D eigenvalue weighted by Crippen LogP contribution is -2.10. The van der Waals surface area contributed by atoms with Crippen LogP contribution in [-0.4, -0.2) is 24.2 Å². The fourth-order valence-electron chi connectivity index (χ4n) is 3.31. The largest absolute Gasteiger partial charge is 0.497 e. The van der Waals surface area contributed by atoms with E-state index in [-0.39, 0.29) is 5.56 Å². The summed E-state index contributed by atoms with van der Waals surface area (Å²) < 4.78 is 10.6. The summed E-state index contributed by atoms with van der Waals surface area (Å²) in [5.41, 5.74) is 2.46. The van der Waals surface area contributed by atoms with Gasteiger partial charge < -0.3 is 14.5 Å². The average molecular weight is 439 g/mol. The zero-order valence-corrected chi connectivity index (χ0v) is 18.2. The van der Waals surface area contributed by atoms with Gasteiger partial charge in [0.1, 0.15) is 16.3 Å². The van der Waals surface area contributed by atoms with E-state index in [2.05, 4.69) is 9.97 Å². The maximum Gasteiger partial charge on any atom is 0.260 e. The average Bonchev–Trinajstić information content (AvgIpc) is 3.10. The number of hydrogen-bond acceptors (Lipinski definition) is 5. The van der Waals surface area contributed by atoms with E-state index in [1.807, 2.05) is 49.4 Å². The Morgan fingerprint density at radius 3 is 2.40 bits per heavy atom. The number of aromatic amines is 1. The smallest absolute Gasteiger partial charge is 0.260 e. The summed E-state index contributed by atoms with van der Waals surface area (Å²) in [6.45, 7) is 1.99. The number of benzene rings is 2. The first-order chi connectivity index (χ1) is 14.5. The van der Waals surface area contributed by atoms with Gasteiger partial charge in [0.15, 0.2) is 5.82 Å². The van der Waals surface area contributed by atoms with Gasteiger partial charge in [-0.1, -0.05) is 41.9 Å². The van der Waals surface area contributed by atoms with Crippen LogP contribution in [0.5, 0.6) is 11.5 Å². The minimum absolute atomic E-state index is 0.215. The molecule has 4 rings (SSSR count). The number of fused-ring (bicyclic) bond motifs is 1. The third-order valence-corrected chi connectivity index (χ3v) is 5.98. The maximum atomic E-state index is 13.0. The number of rotatable bonds is 5. The fraction of sp³-hybridized carbons (Fsp3) is 0.130. The molecule has 7 heteroatoms. The Kier molecular flexibility index (Phi) is 5.61. The molecule has 0 aliphatic carbocycles. The lowest BCUT2D eigenvalue weighted by Gasteiger charge is -2.06. The van der Waals surface area contributed by atoms with Crippen LogP contribution in [0.25, 0.3) is 32.5 Å². The molecular formula is C23H19ClN2O3S. The van der Waals surface area contributed by atoms with Crippen LogP contribution in [0.4, 0.5) is 0 Å². The molecule has 0 bridgehead atoms. The summed E-state index contributed by atoms with van der Waals surface area (Å²) in [6.07, 6.45) is 1.72. The van der Waals surface area contributed by atoms with Crippen molar-refractivity contribution in [3.63, 3.8) is 0 Å². The highest BCUT2D eigenvalue weighted by Crippen LogP contribution is 2.36. The molecule has 2 heterocycles. The highest BCUT2D eigenvalue weighted by atomic mass is 35.5. The summed E-state index contributed by atoms with van der Waals surface area (Å²) in [5.74, 6) is 1.60. The van der Waals surface area contributed by atoms with Gasteiger partial charge in [-0.15, -0.1) is 11.3 Å². The Hall–Kier alpha value is -3.09. The molecule has 30 heavy (non-hydrogen) atoms. The Morgan fingerprint density at radius 1 is 1.10 bits per heavy atom. The molecule has 2 aromatic heterocycles. The minimum Gasteiger partial charge on any atom is -0.497 e. The second-order valence-electron chi connectivity index (χ2n) is 6.63. The fourth-order valence-corrected chi connectivity index (χ4v) is 4.57. The number of aromatic nitrogens is 2. The van der Waals surface area contributed by atoms with Crippen LogP contribution in [0.1, 0.15) is 16.3 Å². The number of hydrogen-bond donors (Lipinski definition) is 1. The van der Waals surface area contributed by atoms with Crippen LogP contribution in [0.15, 0.2) is 53.3 Å². The van der Waals surface area contributed by atoms with Crippen molar-refractivity contribution in [1.29, 1.82) is 0 Å². The lowest BCUT2D eigenvalue weighted by atomic mass is 10.0. The van der Waals surface area contributed by atoms with Gasteiger partial charge >= 0.3 is 0 Å². The molecule has 0 unspecified atom stereocenters. The van der Waals surface area contributed by atoms with Crippen molar-refractivity contribution >= 4 is 44.3 Å². The minimum atomic E-state index is -0.215. The van der Waals surface area contributed by atoms with Gasteiger partial charge in [-0.2, -0.15) is 0 Å². The number of ether oxygens (including phenoxy) is 2. The predicted octanol–water partition coefficient (Wildman–Crippen LogP) is 5.71. The van der Waals surface area contributed by atoms with E-state index in [9.17, 15) is 4.79 Å². The number of halogens is 1. The highest BCUT2D eigenvalue weighted by molar-refractivity contribution is 7.19. The Balaban J connectivity index is 1.81. The summed E-state index contributed by atoms with van der Waals surface area (Å²) in [4.78, 5) is 22.1. The molecule has 0 amide bonds. The van der Waals surface area contributed by atoms with E-state index in [4.69, 9.17) is 21.1 Å². The quantitative estimate of drug-likeness (QED) is 0.433. The number of nitrogens with one attached hydrogen (secondary N) is 1. The molecule has 0 aliphatic heterocycles. The van der Waals surface area contributed by atoms with Crippen molar-refractivity contribution in [2.24, 2.45) is 0 Å². The van der Waals surface area contributed by atoms with Crippen LogP contribution in [-0.2, 0) is 0 Å². The van der Waals surface area contributed by atoms with Crippen molar-refractivity contribution in [2.75, 3.05) is 14.2 Å². The highest BCUT2D eigenvalue weighted by Gasteiger charge is 2.17. The van der Waals surface area contributed by atoms with E-state index in [0.29, 0.717) is 32.6 Å². The zero-order chi connectivity index (χ0) is 21.3. The molecule has 0 atom stereocenters. The molecule has 0 aliphatic rings. The Labute approximate surface area is 182 Å². The summed E-state index contributed by atoms with van der Waals surface area (Å²) >= 11 is 8.00. The monoisotopic (exact) mass is 438 g/mol. The van der Waals surface area contributed by atoms with Crippen LogP contribution < -0.4 is 15.0 Å². The number of thiophene rings is 1. The first-order valence-corrected chi connectivity index (χ1v) is 10.4.